The molecule has 9 nitrogen and oxygen atoms in total. The molecule has 0 aromatic heterocycles. The van der Waals surface area contributed by atoms with Gasteiger partial charge >= 0.3 is 5.97 Å². The molecule has 9 heteroatoms. The number of rotatable bonds is 10. The third-order valence-electron chi connectivity index (χ3n) is 5.52. The third kappa shape index (κ3) is 4.54. The SMILES string of the molecule is CCOC(=O)c1c(C(=O)Cc2c(C(C)NC)cc3c(c2OC)OCO3)ccc(OC)c1OC. The molecule has 1 atom stereocenters. The van der Waals surface area contributed by atoms with Crippen molar-refractivity contribution in [2.45, 2.75) is 26.3 Å². The van der Waals surface area contributed by atoms with Crippen molar-refractivity contribution < 1.29 is 38.0 Å². The van der Waals surface area contributed by atoms with Gasteiger partial charge in [-0.05, 0) is 44.7 Å². The standard InChI is InChI=1S/C24H29NO8/c1-7-31-24(27)20-14(8-9-18(28-4)22(20)30-6)17(26)10-16-15(13(2)25-3)11-19-23(21(16)29-5)33-12-32-19/h8-9,11,13,25H,7,10,12H2,1-6H3. The van der Waals surface area contributed by atoms with Gasteiger partial charge in [0.15, 0.2) is 28.8 Å². The topological polar surface area (TPSA) is 102 Å². The van der Waals surface area contributed by atoms with Crippen LogP contribution in [0.25, 0.3) is 0 Å². The molecule has 0 fully saturated rings. The van der Waals surface area contributed by atoms with Crippen molar-refractivity contribution >= 4 is 11.8 Å². The number of Topliss-reactive ketones (excluding diaryl/α,β-unsaturated/α-hetero) is 1. The molecule has 0 saturated carbocycles. The van der Waals surface area contributed by atoms with Crippen molar-refractivity contribution in [1.82, 2.24) is 5.32 Å². The van der Waals surface area contributed by atoms with Crippen LogP contribution in [-0.2, 0) is 11.2 Å². The molecule has 0 spiro atoms. The lowest BCUT2D eigenvalue weighted by Crippen LogP contribution is -2.19. The van der Waals surface area contributed by atoms with E-state index in [1.54, 1.807) is 13.0 Å². The highest BCUT2D eigenvalue weighted by molar-refractivity contribution is 6.09. The van der Waals surface area contributed by atoms with Gasteiger partial charge in [0, 0.05) is 23.6 Å². The first kappa shape index (κ1) is 24.2. The van der Waals surface area contributed by atoms with Crippen LogP contribution in [0.2, 0.25) is 0 Å². The molecule has 0 radical (unpaired) electrons. The first-order valence-corrected chi connectivity index (χ1v) is 10.5. The van der Waals surface area contributed by atoms with Gasteiger partial charge in [-0.3, -0.25) is 4.79 Å². The Hall–Kier alpha value is -3.46. The van der Waals surface area contributed by atoms with Gasteiger partial charge in [0.25, 0.3) is 0 Å². The fraction of sp³-hybridized carbons (Fsp3) is 0.417. The zero-order valence-corrected chi connectivity index (χ0v) is 19.7. The van der Waals surface area contributed by atoms with Crippen LogP contribution in [0.15, 0.2) is 18.2 Å². The second-order valence-corrected chi connectivity index (χ2v) is 7.27. The molecular formula is C24H29NO8. The molecule has 1 unspecified atom stereocenters. The van der Waals surface area contributed by atoms with Gasteiger partial charge in [-0.2, -0.15) is 0 Å². The summed E-state index contributed by atoms with van der Waals surface area (Å²) in [6, 6.07) is 4.86. The molecule has 1 aliphatic heterocycles. The average molecular weight is 459 g/mol. The second-order valence-electron chi connectivity index (χ2n) is 7.27. The summed E-state index contributed by atoms with van der Waals surface area (Å²) in [5.41, 5.74) is 1.64. The summed E-state index contributed by atoms with van der Waals surface area (Å²) in [7, 11) is 6.19. The van der Waals surface area contributed by atoms with Crippen LogP contribution < -0.4 is 29.0 Å². The lowest BCUT2D eigenvalue weighted by molar-refractivity contribution is 0.0518. The summed E-state index contributed by atoms with van der Waals surface area (Å²) in [6.45, 7) is 3.87. The number of nitrogens with one attached hydrogen (secondary N) is 1. The maximum absolute atomic E-state index is 13.6. The fourth-order valence-electron chi connectivity index (χ4n) is 3.83. The van der Waals surface area contributed by atoms with E-state index in [0.29, 0.717) is 28.6 Å². The number of carbonyl (C=O) groups excluding carboxylic acids is 2. The van der Waals surface area contributed by atoms with Crippen LogP contribution in [0.1, 0.15) is 51.7 Å². The number of hydrogen-bond donors (Lipinski definition) is 1. The zero-order chi connectivity index (χ0) is 24.1. The van der Waals surface area contributed by atoms with Gasteiger partial charge in [0.2, 0.25) is 12.5 Å². The number of hydrogen-bond acceptors (Lipinski definition) is 9. The van der Waals surface area contributed by atoms with Crippen LogP contribution in [0.4, 0.5) is 0 Å². The summed E-state index contributed by atoms with van der Waals surface area (Å²) >= 11 is 0. The van der Waals surface area contributed by atoms with Gasteiger partial charge < -0.3 is 33.7 Å². The van der Waals surface area contributed by atoms with Crippen molar-refractivity contribution in [3.8, 4) is 28.7 Å². The molecule has 2 aromatic rings. The number of methoxy groups -OCH3 is 3. The van der Waals surface area contributed by atoms with Gasteiger partial charge in [-0.15, -0.1) is 0 Å². The van der Waals surface area contributed by atoms with E-state index in [1.807, 2.05) is 20.0 Å². The Balaban J connectivity index is 2.14. The van der Waals surface area contributed by atoms with E-state index in [2.05, 4.69) is 5.32 Å². The monoisotopic (exact) mass is 459 g/mol. The Morgan fingerprint density at radius 1 is 1.09 bits per heavy atom. The highest BCUT2D eigenvalue weighted by Crippen LogP contribution is 2.47. The minimum absolute atomic E-state index is 0.0200. The van der Waals surface area contributed by atoms with Gasteiger partial charge in [0.1, 0.15) is 5.56 Å². The molecule has 2 aromatic carbocycles. The first-order chi connectivity index (χ1) is 15.9. The molecule has 0 amide bonds. The number of benzene rings is 2. The number of ketones is 1. The predicted molar refractivity (Wildman–Crippen MR) is 120 cm³/mol. The van der Waals surface area contributed by atoms with E-state index in [-0.39, 0.29) is 48.5 Å². The lowest BCUT2D eigenvalue weighted by atomic mass is 9.91. The number of carbonyl (C=O) groups is 2. The van der Waals surface area contributed by atoms with Crippen molar-refractivity contribution in [2.75, 3.05) is 41.8 Å². The van der Waals surface area contributed by atoms with E-state index in [9.17, 15) is 9.59 Å². The summed E-state index contributed by atoms with van der Waals surface area (Å²) < 4.78 is 32.7. The highest BCUT2D eigenvalue weighted by atomic mass is 16.7. The van der Waals surface area contributed by atoms with Gasteiger partial charge in [-0.25, -0.2) is 4.79 Å². The van der Waals surface area contributed by atoms with Crippen LogP contribution in [0.3, 0.4) is 0 Å². The predicted octanol–water partition coefficient (Wildman–Crippen LogP) is 3.32. The fourth-order valence-corrected chi connectivity index (χ4v) is 3.83. The highest BCUT2D eigenvalue weighted by Gasteiger charge is 2.31. The molecule has 0 saturated heterocycles. The Kier molecular flexibility index (Phi) is 7.65. The van der Waals surface area contributed by atoms with Crippen molar-refractivity contribution in [2.24, 2.45) is 0 Å². The molecule has 0 aliphatic carbocycles. The lowest BCUT2D eigenvalue weighted by Gasteiger charge is -2.21. The normalized spacial score (nSPS) is 12.8. The Labute approximate surface area is 192 Å². The van der Waals surface area contributed by atoms with Crippen molar-refractivity contribution in [3.05, 3.63) is 40.5 Å². The quantitative estimate of drug-likeness (QED) is 0.423. The van der Waals surface area contributed by atoms with E-state index >= 15 is 0 Å². The van der Waals surface area contributed by atoms with E-state index < -0.39 is 5.97 Å². The number of ether oxygens (including phenoxy) is 6. The number of esters is 1. The average Bonchev–Trinajstić information content (AvgIpc) is 3.30. The van der Waals surface area contributed by atoms with Crippen molar-refractivity contribution in [1.29, 1.82) is 0 Å². The summed E-state index contributed by atoms with van der Waals surface area (Å²) in [4.78, 5) is 26.4. The Morgan fingerprint density at radius 2 is 1.82 bits per heavy atom. The molecule has 1 aliphatic rings. The van der Waals surface area contributed by atoms with Crippen LogP contribution in [0.5, 0.6) is 28.7 Å². The second kappa shape index (κ2) is 10.4. The minimum Gasteiger partial charge on any atom is -0.493 e. The van der Waals surface area contributed by atoms with E-state index in [0.717, 1.165) is 5.56 Å². The molecular weight excluding hydrogens is 430 g/mol. The van der Waals surface area contributed by atoms with E-state index in [1.165, 1.54) is 27.4 Å². The summed E-state index contributed by atoms with van der Waals surface area (Å²) in [5, 5.41) is 3.18. The van der Waals surface area contributed by atoms with Gasteiger partial charge in [-0.1, -0.05) is 0 Å². The molecule has 3 rings (SSSR count). The Morgan fingerprint density at radius 3 is 2.42 bits per heavy atom. The maximum Gasteiger partial charge on any atom is 0.342 e. The zero-order valence-electron chi connectivity index (χ0n) is 19.7. The molecule has 0 bridgehead atoms. The molecule has 178 valence electrons. The van der Waals surface area contributed by atoms with Crippen molar-refractivity contribution in [3.63, 3.8) is 0 Å². The number of fused-ring (bicyclic) bond motifs is 1. The third-order valence-corrected chi connectivity index (χ3v) is 5.52. The van der Waals surface area contributed by atoms with Crippen LogP contribution in [-0.4, -0.2) is 53.5 Å². The molecule has 1 N–H and O–H groups in total. The van der Waals surface area contributed by atoms with Crippen LogP contribution >= 0.6 is 0 Å². The molecule has 1 heterocycles. The van der Waals surface area contributed by atoms with E-state index in [4.69, 9.17) is 28.4 Å². The summed E-state index contributed by atoms with van der Waals surface area (Å²) in [5.74, 6) is 0.904. The first-order valence-electron chi connectivity index (χ1n) is 10.5. The molecule has 33 heavy (non-hydrogen) atoms. The maximum atomic E-state index is 13.6. The minimum atomic E-state index is -0.668. The van der Waals surface area contributed by atoms with Gasteiger partial charge in [0.05, 0.1) is 27.9 Å². The Bertz CT molecular complexity index is 1050. The van der Waals surface area contributed by atoms with Crippen LogP contribution in [0, 0.1) is 0 Å². The largest absolute Gasteiger partial charge is 0.493 e. The smallest absolute Gasteiger partial charge is 0.342 e. The summed E-state index contributed by atoms with van der Waals surface area (Å²) in [6.07, 6.45) is -0.0525.